The highest BCUT2D eigenvalue weighted by atomic mass is 16.8. The van der Waals surface area contributed by atoms with Crippen LogP contribution in [0.25, 0.3) is 0 Å². The molecule has 0 aromatic rings. The molecule has 9 heteroatoms. The van der Waals surface area contributed by atoms with Crippen molar-refractivity contribution in [2.45, 2.75) is 62.2 Å². The van der Waals surface area contributed by atoms with E-state index < -0.39 is 67.8 Å². The molecular weight excluding hydrogens is 312 g/mol. The maximum Gasteiger partial charge on any atom is 0.186 e. The monoisotopic (exact) mass is 336 g/mol. The van der Waals surface area contributed by atoms with Crippen LogP contribution in [0.4, 0.5) is 0 Å². The Morgan fingerprint density at radius 2 is 1.78 bits per heavy atom. The standard InChI is InChI=1S/C14H24O9/c1-5-8(16)6(3-15)21-14(9(5)17)23-11-7-4-20-12(11)10(18)13(19-2)22-7/h5-18H,3-4H2,1-2H3/t5?,6?,7?,8-,9?,10?,11+,12?,13+,14+/m1/s1. The van der Waals surface area contributed by atoms with E-state index in [4.69, 9.17) is 23.7 Å². The fraction of sp³-hybridized carbons (Fsp3) is 1.00. The van der Waals surface area contributed by atoms with Crippen molar-refractivity contribution in [3.63, 3.8) is 0 Å². The number of fused-ring (bicyclic) bond motifs is 2. The Kier molecular flexibility index (Phi) is 5.21. The third-order valence-electron chi connectivity index (χ3n) is 4.82. The smallest absolute Gasteiger partial charge is 0.186 e. The first-order valence-corrected chi connectivity index (χ1v) is 7.73. The fourth-order valence-electron chi connectivity index (χ4n) is 3.32. The number of methoxy groups -OCH3 is 1. The van der Waals surface area contributed by atoms with Gasteiger partial charge in [0, 0.05) is 13.0 Å². The topological polar surface area (TPSA) is 127 Å². The summed E-state index contributed by atoms with van der Waals surface area (Å²) in [7, 11) is 1.43. The van der Waals surface area contributed by atoms with E-state index in [1.807, 2.05) is 0 Å². The van der Waals surface area contributed by atoms with E-state index in [0.29, 0.717) is 0 Å². The van der Waals surface area contributed by atoms with E-state index in [-0.39, 0.29) is 6.61 Å². The van der Waals surface area contributed by atoms with E-state index in [1.165, 1.54) is 7.11 Å². The van der Waals surface area contributed by atoms with E-state index in [0.717, 1.165) is 0 Å². The van der Waals surface area contributed by atoms with Gasteiger partial charge in [-0.2, -0.15) is 0 Å². The van der Waals surface area contributed by atoms with Crippen LogP contribution >= 0.6 is 0 Å². The van der Waals surface area contributed by atoms with Crippen LogP contribution < -0.4 is 0 Å². The Morgan fingerprint density at radius 3 is 2.43 bits per heavy atom. The van der Waals surface area contributed by atoms with Crippen molar-refractivity contribution in [3.05, 3.63) is 0 Å². The lowest BCUT2D eigenvalue weighted by atomic mass is 9.90. The van der Waals surface area contributed by atoms with Crippen molar-refractivity contribution >= 4 is 0 Å². The van der Waals surface area contributed by atoms with Crippen molar-refractivity contribution in [3.8, 4) is 0 Å². The van der Waals surface area contributed by atoms with Gasteiger partial charge in [0.2, 0.25) is 0 Å². The average Bonchev–Trinajstić information content (AvgIpc) is 2.86. The van der Waals surface area contributed by atoms with Gasteiger partial charge in [-0.15, -0.1) is 0 Å². The van der Waals surface area contributed by atoms with Crippen molar-refractivity contribution in [1.82, 2.24) is 0 Å². The van der Waals surface area contributed by atoms with Gasteiger partial charge in [-0.3, -0.25) is 0 Å². The van der Waals surface area contributed by atoms with E-state index in [9.17, 15) is 20.4 Å². The summed E-state index contributed by atoms with van der Waals surface area (Å²) in [5.41, 5.74) is 0. The van der Waals surface area contributed by atoms with Gasteiger partial charge in [-0.1, -0.05) is 6.92 Å². The van der Waals surface area contributed by atoms with E-state index >= 15 is 0 Å². The summed E-state index contributed by atoms with van der Waals surface area (Å²) in [6, 6.07) is 0. The zero-order chi connectivity index (χ0) is 16.7. The Morgan fingerprint density at radius 1 is 1.04 bits per heavy atom. The predicted octanol–water partition coefficient (Wildman–Crippen LogP) is -2.42. The molecule has 0 aromatic heterocycles. The number of hydrogen-bond donors (Lipinski definition) is 4. The average molecular weight is 336 g/mol. The largest absolute Gasteiger partial charge is 0.394 e. The molecule has 4 N–H and O–H groups in total. The number of ether oxygens (including phenoxy) is 5. The number of aliphatic hydroxyl groups excluding tert-OH is 4. The quantitative estimate of drug-likeness (QED) is 0.443. The second-order valence-corrected chi connectivity index (χ2v) is 6.23. The molecule has 0 amide bonds. The Bertz CT molecular complexity index is 406. The van der Waals surface area contributed by atoms with Crippen LogP contribution in [0.1, 0.15) is 6.92 Å². The van der Waals surface area contributed by atoms with Gasteiger partial charge in [0.1, 0.15) is 36.6 Å². The molecule has 10 atom stereocenters. The maximum absolute atomic E-state index is 10.2. The summed E-state index contributed by atoms with van der Waals surface area (Å²) in [6.45, 7) is 1.49. The molecule has 3 saturated heterocycles. The van der Waals surface area contributed by atoms with Crippen LogP contribution in [-0.4, -0.2) is 96.1 Å². The molecule has 134 valence electrons. The molecule has 2 bridgehead atoms. The summed E-state index contributed by atoms with van der Waals surface area (Å²) in [5, 5.41) is 39.7. The number of aliphatic hydroxyl groups is 4. The number of rotatable bonds is 4. The molecule has 6 unspecified atom stereocenters. The highest BCUT2D eigenvalue weighted by Crippen LogP contribution is 2.35. The minimum atomic E-state index is -1.08. The second-order valence-electron chi connectivity index (χ2n) is 6.23. The first-order chi connectivity index (χ1) is 11.0. The zero-order valence-electron chi connectivity index (χ0n) is 13.0. The van der Waals surface area contributed by atoms with Gasteiger partial charge in [-0.25, -0.2) is 0 Å². The lowest BCUT2D eigenvalue weighted by Gasteiger charge is -2.44. The lowest BCUT2D eigenvalue weighted by molar-refractivity contribution is -0.331. The first-order valence-electron chi connectivity index (χ1n) is 7.73. The molecule has 0 spiro atoms. The molecule has 0 saturated carbocycles. The zero-order valence-corrected chi connectivity index (χ0v) is 13.0. The maximum atomic E-state index is 10.2. The van der Waals surface area contributed by atoms with Gasteiger partial charge in [-0.05, 0) is 0 Å². The molecular formula is C14H24O9. The molecule has 3 aliphatic rings. The minimum Gasteiger partial charge on any atom is -0.394 e. The molecule has 3 heterocycles. The van der Waals surface area contributed by atoms with Gasteiger partial charge >= 0.3 is 0 Å². The molecule has 3 aliphatic heterocycles. The normalized spacial score (nSPS) is 53.5. The molecule has 3 rings (SSSR count). The van der Waals surface area contributed by atoms with Crippen molar-refractivity contribution in [1.29, 1.82) is 0 Å². The first kappa shape index (κ1) is 17.5. The summed E-state index contributed by atoms with van der Waals surface area (Å²) >= 11 is 0. The van der Waals surface area contributed by atoms with Crippen LogP contribution in [-0.2, 0) is 23.7 Å². The van der Waals surface area contributed by atoms with Crippen LogP contribution in [0.2, 0.25) is 0 Å². The Labute approximate surface area is 133 Å². The molecule has 23 heavy (non-hydrogen) atoms. The van der Waals surface area contributed by atoms with Crippen LogP contribution in [0, 0.1) is 5.92 Å². The minimum absolute atomic E-state index is 0.233. The Hall–Kier alpha value is -0.360. The fourth-order valence-corrected chi connectivity index (χ4v) is 3.32. The van der Waals surface area contributed by atoms with E-state index in [2.05, 4.69) is 0 Å². The summed E-state index contributed by atoms with van der Waals surface area (Å²) in [6.07, 6.45) is -7.56. The van der Waals surface area contributed by atoms with E-state index in [1.54, 1.807) is 6.92 Å². The third kappa shape index (κ3) is 3.01. The van der Waals surface area contributed by atoms with Crippen LogP contribution in [0.3, 0.4) is 0 Å². The summed E-state index contributed by atoms with van der Waals surface area (Å²) in [5.74, 6) is -0.536. The van der Waals surface area contributed by atoms with Gasteiger partial charge < -0.3 is 44.1 Å². The van der Waals surface area contributed by atoms with Crippen molar-refractivity contribution in [2.75, 3.05) is 20.3 Å². The molecule has 0 aliphatic carbocycles. The van der Waals surface area contributed by atoms with Crippen molar-refractivity contribution < 1.29 is 44.1 Å². The summed E-state index contributed by atoms with van der Waals surface area (Å²) < 4.78 is 27.4. The van der Waals surface area contributed by atoms with Gasteiger partial charge in [0.05, 0.1) is 19.3 Å². The summed E-state index contributed by atoms with van der Waals surface area (Å²) in [4.78, 5) is 0. The van der Waals surface area contributed by atoms with Crippen LogP contribution in [0.5, 0.6) is 0 Å². The molecule has 9 nitrogen and oxygen atoms in total. The van der Waals surface area contributed by atoms with Crippen molar-refractivity contribution in [2.24, 2.45) is 5.92 Å². The molecule has 0 radical (unpaired) electrons. The number of hydrogen-bond acceptors (Lipinski definition) is 9. The SMILES string of the molecule is CO[C@H]1OC2COC(C1O)[C@H]2O[C@@H]1OC(CO)[C@H](O)C(C)C1O. The third-order valence-corrected chi connectivity index (χ3v) is 4.82. The van der Waals surface area contributed by atoms with Gasteiger partial charge in [0.25, 0.3) is 0 Å². The lowest BCUT2D eigenvalue weighted by Crippen LogP contribution is -2.60. The van der Waals surface area contributed by atoms with Crippen LogP contribution in [0.15, 0.2) is 0 Å². The predicted molar refractivity (Wildman–Crippen MR) is 73.2 cm³/mol. The molecule has 3 fully saturated rings. The highest BCUT2D eigenvalue weighted by molar-refractivity contribution is 4.97. The second kappa shape index (κ2) is 6.87. The molecule has 0 aromatic carbocycles. The Balaban J connectivity index is 1.69. The van der Waals surface area contributed by atoms with Gasteiger partial charge in [0.15, 0.2) is 12.6 Å². The highest BCUT2D eigenvalue weighted by Gasteiger charge is 2.54.